The molecule has 4 N–H and O–H groups in total. The molecule has 0 aliphatic carbocycles. The fraction of sp³-hybridized carbons (Fsp3) is 0.432. The molecule has 0 spiro atoms. The van der Waals surface area contributed by atoms with Crippen LogP contribution in [0.15, 0.2) is 72.5 Å². The van der Waals surface area contributed by atoms with E-state index in [9.17, 15) is 19.2 Å². The molecule has 1 heterocycles. The minimum atomic E-state index is -0.773. The number of amidine groups is 1. The van der Waals surface area contributed by atoms with Crippen molar-refractivity contribution < 1.29 is 42.9 Å². The standard InChI is InChI=1S/C44H58N6O9/c1-10-29(3)57-41(53)48-39(45)31-16-18-33(19-17-31)47-40(52)34-14-12-13-15-35(34)46-26-32-24-30(27-49-20-22-50(23-21-49)42(54)59-44(7,8)9)25-36(55-11-2)38(32)56-28-37(51)58-43(4,5)6/h10,12-19,24-25,46H,11,20-23,26-28H2,1-9H3,(H,47,52)(H2,45,48,53)/b29-10-. The van der Waals surface area contributed by atoms with Crippen LogP contribution in [-0.2, 0) is 32.1 Å². The predicted molar refractivity (Wildman–Crippen MR) is 226 cm³/mol. The molecule has 0 bridgehead atoms. The molecule has 3 amide bonds. The third kappa shape index (κ3) is 14.7. The van der Waals surface area contributed by atoms with Crippen LogP contribution in [0.1, 0.15) is 89.4 Å². The van der Waals surface area contributed by atoms with Crippen LogP contribution in [0.2, 0.25) is 0 Å². The third-order valence-corrected chi connectivity index (χ3v) is 8.64. The lowest BCUT2D eigenvalue weighted by Gasteiger charge is -2.35. The molecule has 318 valence electrons. The number of hydrogen-bond acceptors (Lipinski definition) is 12. The number of allylic oxidation sites excluding steroid dienone is 2. The molecule has 1 saturated heterocycles. The molecule has 0 radical (unpaired) electrons. The number of carbonyl (C=O) groups excluding carboxylic acids is 4. The van der Waals surface area contributed by atoms with E-state index in [0.29, 0.717) is 84.7 Å². The molecule has 3 aromatic carbocycles. The van der Waals surface area contributed by atoms with Crippen LogP contribution in [0.25, 0.3) is 0 Å². The number of anilines is 2. The fourth-order valence-corrected chi connectivity index (χ4v) is 5.90. The Morgan fingerprint density at radius 1 is 0.864 bits per heavy atom. The summed E-state index contributed by atoms with van der Waals surface area (Å²) in [4.78, 5) is 55.1. The normalized spacial score (nSPS) is 13.5. The zero-order valence-corrected chi connectivity index (χ0v) is 35.6. The van der Waals surface area contributed by atoms with Gasteiger partial charge in [0.2, 0.25) is 0 Å². The van der Waals surface area contributed by atoms with Gasteiger partial charge < -0.3 is 39.2 Å². The van der Waals surface area contributed by atoms with Gasteiger partial charge in [0.25, 0.3) is 5.91 Å². The maximum absolute atomic E-state index is 13.6. The van der Waals surface area contributed by atoms with Crippen LogP contribution in [-0.4, -0.2) is 90.3 Å². The van der Waals surface area contributed by atoms with E-state index in [0.717, 1.165) is 5.56 Å². The van der Waals surface area contributed by atoms with Gasteiger partial charge in [-0.15, -0.1) is 0 Å². The number of nitrogens with one attached hydrogen (secondary N) is 4. The first-order valence-electron chi connectivity index (χ1n) is 19.6. The van der Waals surface area contributed by atoms with Gasteiger partial charge in [0, 0.05) is 61.8 Å². The second kappa shape index (κ2) is 20.6. The van der Waals surface area contributed by atoms with Gasteiger partial charge in [-0.2, -0.15) is 0 Å². The van der Waals surface area contributed by atoms with E-state index in [-0.39, 0.29) is 31.0 Å². The van der Waals surface area contributed by atoms with Gasteiger partial charge in [-0.05, 0) is 122 Å². The average Bonchev–Trinajstić information content (AvgIpc) is 3.16. The SMILES string of the molecule is C/C=C(/C)OC(=O)NC(=N)c1ccc(NC(=O)c2ccccc2NCc2cc(CN3CCN(C(=O)OC(C)(C)C)CC3)cc(OCC)c2OCC(=O)OC(C)(C)C)cc1. The first kappa shape index (κ1) is 45.6. The van der Waals surface area contributed by atoms with Crippen LogP contribution >= 0.6 is 0 Å². The van der Waals surface area contributed by atoms with E-state index in [2.05, 4.69) is 20.9 Å². The topological polar surface area (TPSA) is 181 Å². The van der Waals surface area contributed by atoms with E-state index in [1.54, 1.807) is 88.1 Å². The highest BCUT2D eigenvalue weighted by Crippen LogP contribution is 2.35. The van der Waals surface area contributed by atoms with Gasteiger partial charge in [-0.3, -0.25) is 20.4 Å². The second-order valence-corrected chi connectivity index (χ2v) is 15.9. The summed E-state index contributed by atoms with van der Waals surface area (Å²) in [5.41, 5.74) is 2.16. The van der Waals surface area contributed by atoms with Gasteiger partial charge in [-0.1, -0.05) is 12.1 Å². The largest absolute Gasteiger partial charge is 0.490 e. The highest BCUT2D eigenvalue weighted by Gasteiger charge is 2.27. The highest BCUT2D eigenvalue weighted by atomic mass is 16.6. The molecule has 0 atom stereocenters. The number of piperazine rings is 1. The Kier molecular flexibility index (Phi) is 15.9. The number of hydrogen-bond donors (Lipinski definition) is 4. The van der Waals surface area contributed by atoms with Crippen molar-refractivity contribution in [3.05, 3.63) is 94.8 Å². The van der Waals surface area contributed by atoms with Crippen LogP contribution in [0, 0.1) is 5.41 Å². The highest BCUT2D eigenvalue weighted by molar-refractivity contribution is 6.08. The molecule has 59 heavy (non-hydrogen) atoms. The number of amides is 3. The van der Waals surface area contributed by atoms with Gasteiger partial charge in [0.15, 0.2) is 18.1 Å². The number of nitrogens with zero attached hydrogens (tertiary/aromatic N) is 2. The molecule has 1 fully saturated rings. The molecule has 15 nitrogen and oxygen atoms in total. The Hall–Kier alpha value is -6.09. The zero-order valence-electron chi connectivity index (χ0n) is 35.6. The maximum atomic E-state index is 13.6. The number of carbonyl (C=O) groups is 4. The maximum Gasteiger partial charge on any atom is 0.417 e. The molecule has 1 aliphatic rings. The number of esters is 1. The molecule has 15 heteroatoms. The Bertz CT molecular complexity index is 1990. The van der Waals surface area contributed by atoms with E-state index in [4.69, 9.17) is 29.1 Å². The van der Waals surface area contributed by atoms with Crippen LogP contribution in [0.3, 0.4) is 0 Å². The quantitative estimate of drug-likeness (QED) is 0.0412. The predicted octanol–water partition coefficient (Wildman–Crippen LogP) is 7.70. The van der Waals surface area contributed by atoms with Gasteiger partial charge in [-0.25, -0.2) is 14.4 Å². The van der Waals surface area contributed by atoms with Crippen molar-refractivity contribution in [2.75, 3.05) is 50.0 Å². The summed E-state index contributed by atoms with van der Waals surface area (Å²) in [5, 5.41) is 16.9. The Morgan fingerprint density at radius 3 is 2.15 bits per heavy atom. The van der Waals surface area contributed by atoms with E-state index < -0.39 is 23.3 Å². The molecule has 3 aromatic rings. The third-order valence-electron chi connectivity index (χ3n) is 8.64. The summed E-state index contributed by atoms with van der Waals surface area (Å²) in [7, 11) is 0. The number of ether oxygens (including phenoxy) is 5. The molecule has 0 unspecified atom stereocenters. The number of alkyl carbamates (subject to hydrolysis) is 1. The lowest BCUT2D eigenvalue weighted by Crippen LogP contribution is -2.49. The Balaban J connectivity index is 1.53. The van der Waals surface area contributed by atoms with Crippen molar-refractivity contribution in [1.82, 2.24) is 15.1 Å². The molecule has 1 aliphatic heterocycles. The van der Waals surface area contributed by atoms with Crippen LogP contribution < -0.4 is 25.4 Å². The minimum absolute atomic E-state index is 0.155. The molecule has 0 aromatic heterocycles. The van der Waals surface area contributed by atoms with Gasteiger partial charge in [0.05, 0.1) is 12.2 Å². The smallest absolute Gasteiger partial charge is 0.417 e. The Morgan fingerprint density at radius 2 is 1.53 bits per heavy atom. The minimum Gasteiger partial charge on any atom is -0.490 e. The summed E-state index contributed by atoms with van der Waals surface area (Å²) < 4.78 is 28.3. The lowest BCUT2D eigenvalue weighted by atomic mass is 10.1. The molecule has 0 saturated carbocycles. The monoisotopic (exact) mass is 814 g/mol. The number of benzene rings is 3. The molecular formula is C44H58N6O9. The van der Waals surface area contributed by atoms with Crippen LogP contribution in [0.4, 0.5) is 21.0 Å². The lowest BCUT2D eigenvalue weighted by molar-refractivity contribution is -0.157. The van der Waals surface area contributed by atoms with E-state index >= 15 is 0 Å². The second-order valence-electron chi connectivity index (χ2n) is 15.9. The van der Waals surface area contributed by atoms with Gasteiger partial charge in [0.1, 0.15) is 22.8 Å². The Labute approximate surface area is 346 Å². The summed E-state index contributed by atoms with van der Waals surface area (Å²) in [6, 6.07) is 17.4. The van der Waals surface area contributed by atoms with Crippen molar-refractivity contribution in [3.8, 4) is 11.5 Å². The van der Waals surface area contributed by atoms with E-state index in [1.165, 1.54) is 0 Å². The average molecular weight is 815 g/mol. The summed E-state index contributed by atoms with van der Waals surface area (Å²) in [6.07, 6.45) is 0.533. The summed E-state index contributed by atoms with van der Waals surface area (Å²) in [6.45, 7) is 19.2. The number of rotatable bonds is 14. The molecule has 4 rings (SSSR count). The van der Waals surface area contributed by atoms with Crippen LogP contribution in [0.5, 0.6) is 11.5 Å². The zero-order chi connectivity index (χ0) is 43.3. The fourth-order valence-electron chi connectivity index (χ4n) is 5.90. The summed E-state index contributed by atoms with van der Waals surface area (Å²) in [5.74, 6) is 0.169. The van der Waals surface area contributed by atoms with Crippen molar-refractivity contribution >= 4 is 41.3 Å². The van der Waals surface area contributed by atoms with E-state index in [1.807, 2.05) is 45.9 Å². The molecular weight excluding hydrogens is 757 g/mol. The van der Waals surface area contributed by atoms with Crippen molar-refractivity contribution in [1.29, 1.82) is 5.41 Å². The summed E-state index contributed by atoms with van der Waals surface area (Å²) >= 11 is 0. The van der Waals surface area contributed by atoms with Crippen molar-refractivity contribution in [2.24, 2.45) is 0 Å². The van der Waals surface area contributed by atoms with Crippen molar-refractivity contribution in [3.63, 3.8) is 0 Å². The first-order valence-corrected chi connectivity index (χ1v) is 19.6. The number of para-hydroxylation sites is 1. The van der Waals surface area contributed by atoms with Crippen molar-refractivity contribution in [2.45, 2.75) is 86.6 Å². The van der Waals surface area contributed by atoms with Gasteiger partial charge >= 0.3 is 18.2 Å². The first-order chi connectivity index (χ1) is 27.8.